The van der Waals surface area contributed by atoms with Crippen LogP contribution in [0.2, 0.25) is 0 Å². The fraction of sp³-hybridized carbons (Fsp3) is 0.333. The lowest BCUT2D eigenvalue weighted by atomic mass is 10.1. The molecule has 4 heteroatoms. The number of benzene rings is 1. The fourth-order valence-corrected chi connectivity index (χ4v) is 1.16. The number of hydrogen-bond acceptors (Lipinski definition) is 2. The molecule has 16 heavy (non-hydrogen) atoms. The van der Waals surface area contributed by atoms with Gasteiger partial charge in [-0.2, -0.15) is 0 Å². The molecule has 4 nitrogen and oxygen atoms in total. The highest BCUT2D eigenvalue weighted by Crippen LogP contribution is 2.02. The number of Topliss-reactive ketones (excluding diaryl/α,β-unsaturated/α-hetero) is 1. The molecule has 0 aliphatic rings. The van der Waals surface area contributed by atoms with Gasteiger partial charge < -0.3 is 10.6 Å². The summed E-state index contributed by atoms with van der Waals surface area (Å²) in [6, 6.07) is 7.58. The van der Waals surface area contributed by atoms with Crippen molar-refractivity contribution in [2.45, 2.75) is 20.4 Å². The van der Waals surface area contributed by atoms with Gasteiger partial charge in [-0.15, -0.1) is 0 Å². The molecular formula is C12H16N2O2. The highest BCUT2D eigenvalue weighted by Gasteiger charge is 2.00. The number of hydrogen-bond donors (Lipinski definition) is 2. The van der Waals surface area contributed by atoms with Gasteiger partial charge in [-0.1, -0.05) is 29.8 Å². The van der Waals surface area contributed by atoms with Crippen LogP contribution in [0.3, 0.4) is 0 Å². The van der Waals surface area contributed by atoms with E-state index in [1.807, 2.05) is 31.2 Å². The zero-order valence-electron chi connectivity index (χ0n) is 9.54. The Labute approximate surface area is 95.0 Å². The number of urea groups is 1. The van der Waals surface area contributed by atoms with Gasteiger partial charge in [-0.3, -0.25) is 4.79 Å². The van der Waals surface area contributed by atoms with Gasteiger partial charge in [-0.05, 0) is 19.4 Å². The van der Waals surface area contributed by atoms with E-state index < -0.39 is 0 Å². The lowest BCUT2D eigenvalue weighted by Gasteiger charge is -2.06. The molecule has 0 unspecified atom stereocenters. The molecule has 0 aliphatic carbocycles. The van der Waals surface area contributed by atoms with E-state index in [-0.39, 0.29) is 18.4 Å². The fourth-order valence-electron chi connectivity index (χ4n) is 1.16. The molecule has 0 aromatic heterocycles. The summed E-state index contributed by atoms with van der Waals surface area (Å²) in [7, 11) is 0. The third-order valence-corrected chi connectivity index (χ3v) is 2.07. The number of ketones is 1. The number of rotatable bonds is 4. The highest BCUT2D eigenvalue weighted by molar-refractivity contribution is 5.83. The number of aryl methyl sites for hydroxylation is 1. The zero-order valence-corrected chi connectivity index (χ0v) is 9.54. The van der Waals surface area contributed by atoms with Gasteiger partial charge >= 0.3 is 6.03 Å². The van der Waals surface area contributed by atoms with Crippen molar-refractivity contribution in [2.24, 2.45) is 0 Å². The third-order valence-electron chi connectivity index (χ3n) is 2.07. The molecule has 0 heterocycles. The van der Waals surface area contributed by atoms with Crippen molar-refractivity contribution in [2.75, 3.05) is 6.54 Å². The Kier molecular flexibility index (Phi) is 4.51. The maximum absolute atomic E-state index is 11.2. The number of carbonyl (C=O) groups is 2. The Bertz CT molecular complexity index is 371. The summed E-state index contributed by atoms with van der Waals surface area (Å²) in [5.41, 5.74) is 2.22. The molecule has 0 saturated carbocycles. The second-order valence-corrected chi connectivity index (χ2v) is 3.72. The van der Waals surface area contributed by atoms with Crippen molar-refractivity contribution < 1.29 is 9.59 Å². The topological polar surface area (TPSA) is 58.2 Å². The van der Waals surface area contributed by atoms with Crippen LogP contribution in [-0.4, -0.2) is 18.4 Å². The summed E-state index contributed by atoms with van der Waals surface area (Å²) in [6.45, 7) is 3.97. The van der Waals surface area contributed by atoms with E-state index >= 15 is 0 Å². The Balaban J connectivity index is 2.31. The molecule has 1 aromatic rings. The third kappa shape index (κ3) is 4.59. The molecule has 0 fully saturated rings. The van der Waals surface area contributed by atoms with Gasteiger partial charge in [0.25, 0.3) is 0 Å². The lowest BCUT2D eigenvalue weighted by Crippen LogP contribution is -2.37. The molecule has 0 radical (unpaired) electrons. The summed E-state index contributed by atoms with van der Waals surface area (Å²) in [5, 5.41) is 5.14. The number of nitrogens with one attached hydrogen (secondary N) is 2. The molecule has 0 aliphatic heterocycles. The largest absolute Gasteiger partial charge is 0.334 e. The summed E-state index contributed by atoms with van der Waals surface area (Å²) in [5.74, 6) is -0.0644. The van der Waals surface area contributed by atoms with Gasteiger partial charge in [-0.25, -0.2) is 4.79 Å². The van der Waals surface area contributed by atoms with E-state index in [9.17, 15) is 9.59 Å². The van der Waals surface area contributed by atoms with Crippen LogP contribution in [0.5, 0.6) is 0 Å². The molecular weight excluding hydrogens is 204 g/mol. The maximum Gasteiger partial charge on any atom is 0.315 e. The van der Waals surface area contributed by atoms with Crippen molar-refractivity contribution in [3.63, 3.8) is 0 Å². The van der Waals surface area contributed by atoms with Gasteiger partial charge in [0.15, 0.2) is 0 Å². The Morgan fingerprint density at radius 2 is 1.75 bits per heavy atom. The average Bonchev–Trinajstić information content (AvgIpc) is 2.25. The van der Waals surface area contributed by atoms with Crippen molar-refractivity contribution >= 4 is 11.8 Å². The van der Waals surface area contributed by atoms with Gasteiger partial charge in [0.1, 0.15) is 5.78 Å². The maximum atomic E-state index is 11.2. The van der Waals surface area contributed by atoms with Crippen LogP contribution < -0.4 is 10.6 Å². The predicted octanol–water partition coefficient (Wildman–Crippen LogP) is 1.38. The molecule has 0 saturated heterocycles. The number of carbonyl (C=O) groups excluding carboxylic acids is 2. The smallest absolute Gasteiger partial charge is 0.315 e. The first-order valence-corrected chi connectivity index (χ1v) is 5.14. The monoisotopic (exact) mass is 220 g/mol. The van der Waals surface area contributed by atoms with Crippen molar-refractivity contribution in [3.05, 3.63) is 35.4 Å². The second kappa shape index (κ2) is 5.90. The van der Waals surface area contributed by atoms with Gasteiger partial charge in [0.05, 0.1) is 6.54 Å². The second-order valence-electron chi connectivity index (χ2n) is 3.72. The molecule has 2 N–H and O–H groups in total. The SMILES string of the molecule is CC(=O)CNC(=O)NCc1ccc(C)cc1. The summed E-state index contributed by atoms with van der Waals surface area (Å²) in [4.78, 5) is 21.8. The van der Waals surface area contributed by atoms with Crippen molar-refractivity contribution in [1.29, 1.82) is 0 Å². The molecule has 2 amide bonds. The van der Waals surface area contributed by atoms with E-state index in [1.165, 1.54) is 12.5 Å². The summed E-state index contributed by atoms with van der Waals surface area (Å²) in [6.07, 6.45) is 0. The Hall–Kier alpha value is -1.84. The van der Waals surface area contributed by atoms with Crippen molar-refractivity contribution in [1.82, 2.24) is 10.6 Å². The van der Waals surface area contributed by atoms with E-state index in [1.54, 1.807) is 0 Å². The van der Waals surface area contributed by atoms with Crippen LogP contribution >= 0.6 is 0 Å². The molecule has 0 bridgehead atoms. The van der Waals surface area contributed by atoms with E-state index in [2.05, 4.69) is 10.6 Å². The standard InChI is InChI=1S/C12H16N2O2/c1-9-3-5-11(6-4-9)8-14-12(16)13-7-10(2)15/h3-6H,7-8H2,1-2H3,(H2,13,14,16). The minimum Gasteiger partial charge on any atom is -0.334 e. The quantitative estimate of drug-likeness (QED) is 0.805. The minimum atomic E-state index is -0.323. The highest BCUT2D eigenvalue weighted by atomic mass is 16.2. The van der Waals surface area contributed by atoms with Gasteiger partial charge in [0.2, 0.25) is 0 Å². The first kappa shape index (κ1) is 12.2. The molecule has 1 rings (SSSR count). The van der Waals surface area contributed by atoms with Crippen LogP contribution in [0.15, 0.2) is 24.3 Å². The molecule has 1 aromatic carbocycles. The Morgan fingerprint density at radius 1 is 1.12 bits per heavy atom. The predicted molar refractivity (Wildman–Crippen MR) is 62.1 cm³/mol. The number of amides is 2. The van der Waals surface area contributed by atoms with Crippen molar-refractivity contribution in [3.8, 4) is 0 Å². The Morgan fingerprint density at radius 3 is 2.31 bits per heavy atom. The normalized spacial score (nSPS) is 9.62. The van der Waals surface area contributed by atoms with Crippen LogP contribution in [0, 0.1) is 6.92 Å². The van der Waals surface area contributed by atoms with E-state index in [0.29, 0.717) is 6.54 Å². The van der Waals surface area contributed by atoms with Gasteiger partial charge in [0, 0.05) is 6.54 Å². The van der Waals surface area contributed by atoms with Crippen LogP contribution in [-0.2, 0) is 11.3 Å². The van der Waals surface area contributed by atoms with E-state index in [4.69, 9.17) is 0 Å². The molecule has 0 spiro atoms. The average molecular weight is 220 g/mol. The first-order chi connectivity index (χ1) is 7.58. The lowest BCUT2D eigenvalue weighted by molar-refractivity contribution is -0.116. The minimum absolute atomic E-state index is 0.0644. The van der Waals surface area contributed by atoms with Crippen LogP contribution in [0.25, 0.3) is 0 Å². The zero-order chi connectivity index (χ0) is 12.0. The van der Waals surface area contributed by atoms with Crippen LogP contribution in [0.1, 0.15) is 18.1 Å². The molecule has 86 valence electrons. The summed E-state index contributed by atoms with van der Waals surface area (Å²) >= 11 is 0. The van der Waals surface area contributed by atoms with Crippen LogP contribution in [0.4, 0.5) is 4.79 Å². The molecule has 0 atom stereocenters. The first-order valence-electron chi connectivity index (χ1n) is 5.14. The van der Waals surface area contributed by atoms with E-state index in [0.717, 1.165) is 5.56 Å². The summed E-state index contributed by atoms with van der Waals surface area (Å²) < 4.78 is 0.